The van der Waals surface area contributed by atoms with Gasteiger partial charge in [-0.25, -0.2) is 0 Å². The van der Waals surface area contributed by atoms with Gasteiger partial charge in [-0.2, -0.15) is 0 Å². The SMILES string of the molecule is c1ccc(-c2ccc3c(c2)Sc2ccccc2-c2ccccc2Sc2cc(-c4cccc(-c5cccnc5)c4)ccc2-3)cc1. The summed E-state index contributed by atoms with van der Waals surface area (Å²) >= 11 is 3.72. The number of nitrogens with zero attached hydrogens (tertiary/aromatic N) is 1. The molecule has 1 aromatic heterocycles. The molecule has 1 aliphatic heterocycles. The molecule has 0 amide bonds. The van der Waals surface area contributed by atoms with Crippen LogP contribution in [0.4, 0.5) is 0 Å². The van der Waals surface area contributed by atoms with Crippen LogP contribution in [-0.2, 0) is 0 Å². The van der Waals surface area contributed by atoms with Crippen LogP contribution in [0.25, 0.3) is 55.6 Å². The van der Waals surface area contributed by atoms with Gasteiger partial charge in [-0.15, -0.1) is 0 Å². The molecule has 0 N–H and O–H groups in total. The molecule has 0 bridgehead atoms. The highest BCUT2D eigenvalue weighted by Crippen LogP contribution is 2.50. The van der Waals surface area contributed by atoms with Crippen molar-refractivity contribution in [3.8, 4) is 55.6 Å². The smallest absolute Gasteiger partial charge is 0.0346 e. The number of rotatable bonds is 3. The van der Waals surface area contributed by atoms with Gasteiger partial charge >= 0.3 is 0 Å². The van der Waals surface area contributed by atoms with Gasteiger partial charge in [0.1, 0.15) is 0 Å². The average Bonchev–Trinajstić information content (AvgIpc) is 3.10. The first kappa shape index (κ1) is 26.8. The Kier molecular flexibility index (Phi) is 7.11. The summed E-state index contributed by atoms with van der Waals surface area (Å²) in [6.45, 7) is 0. The largest absolute Gasteiger partial charge is 0.264 e. The van der Waals surface area contributed by atoms with Crippen molar-refractivity contribution < 1.29 is 0 Å². The Bertz CT molecular complexity index is 2120. The van der Waals surface area contributed by atoms with Gasteiger partial charge in [-0.3, -0.25) is 4.98 Å². The van der Waals surface area contributed by atoms with Gasteiger partial charge in [0.05, 0.1) is 0 Å². The predicted octanol–water partition coefficient (Wildman–Crippen LogP) is 12.0. The Hall–Kier alpha value is -4.83. The van der Waals surface area contributed by atoms with Gasteiger partial charge in [-0.05, 0) is 86.5 Å². The Balaban J connectivity index is 1.33. The van der Waals surface area contributed by atoms with E-state index >= 15 is 0 Å². The Labute approximate surface area is 266 Å². The van der Waals surface area contributed by atoms with Gasteiger partial charge in [-0.1, -0.05) is 139 Å². The number of hydrogen-bond donors (Lipinski definition) is 0. The van der Waals surface area contributed by atoms with Crippen LogP contribution in [0.3, 0.4) is 0 Å². The lowest BCUT2D eigenvalue weighted by atomic mass is 9.96. The molecule has 44 heavy (non-hydrogen) atoms. The lowest BCUT2D eigenvalue weighted by Crippen LogP contribution is -1.93. The summed E-state index contributed by atoms with van der Waals surface area (Å²) < 4.78 is 0. The zero-order chi connectivity index (χ0) is 29.3. The molecule has 208 valence electrons. The Morgan fingerprint density at radius 1 is 0.318 bits per heavy atom. The Morgan fingerprint density at radius 3 is 1.41 bits per heavy atom. The first-order valence-electron chi connectivity index (χ1n) is 14.7. The number of hydrogen-bond acceptors (Lipinski definition) is 3. The van der Waals surface area contributed by atoms with Crippen LogP contribution in [-0.4, -0.2) is 4.98 Å². The Morgan fingerprint density at radius 2 is 0.795 bits per heavy atom. The molecule has 2 heterocycles. The van der Waals surface area contributed by atoms with Crippen molar-refractivity contribution in [2.45, 2.75) is 19.6 Å². The van der Waals surface area contributed by atoms with Crippen molar-refractivity contribution in [2.24, 2.45) is 0 Å². The second kappa shape index (κ2) is 11.7. The molecular formula is C41H27NS2. The second-order valence-electron chi connectivity index (χ2n) is 10.8. The number of pyridine rings is 1. The normalized spacial score (nSPS) is 11.9. The summed E-state index contributed by atoms with van der Waals surface area (Å²) in [5.41, 5.74) is 12.2. The minimum atomic E-state index is 1.12. The highest BCUT2D eigenvalue weighted by atomic mass is 32.2. The van der Waals surface area contributed by atoms with Crippen molar-refractivity contribution in [1.29, 1.82) is 0 Å². The van der Waals surface area contributed by atoms with Gasteiger partial charge in [0, 0.05) is 37.5 Å². The van der Waals surface area contributed by atoms with E-state index in [9.17, 15) is 0 Å². The molecule has 0 saturated carbocycles. The molecule has 8 rings (SSSR count). The minimum Gasteiger partial charge on any atom is -0.264 e. The van der Waals surface area contributed by atoms with Crippen LogP contribution in [0.15, 0.2) is 184 Å². The quantitative estimate of drug-likeness (QED) is 0.201. The van der Waals surface area contributed by atoms with E-state index < -0.39 is 0 Å². The molecule has 6 aromatic carbocycles. The molecule has 0 spiro atoms. The average molecular weight is 598 g/mol. The molecule has 0 fully saturated rings. The number of benzene rings is 6. The maximum Gasteiger partial charge on any atom is 0.0346 e. The van der Waals surface area contributed by atoms with E-state index in [0.717, 1.165) is 5.56 Å². The van der Waals surface area contributed by atoms with E-state index in [4.69, 9.17) is 0 Å². The molecule has 0 saturated heterocycles. The van der Waals surface area contributed by atoms with Crippen molar-refractivity contribution in [3.05, 3.63) is 164 Å². The lowest BCUT2D eigenvalue weighted by Gasteiger charge is -2.21. The third-order valence-corrected chi connectivity index (χ3v) is 10.3. The van der Waals surface area contributed by atoms with E-state index in [1.54, 1.807) is 0 Å². The van der Waals surface area contributed by atoms with Crippen molar-refractivity contribution in [2.75, 3.05) is 0 Å². The highest BCUT2D eigenvalue weighted by Gasteiger charge is 2.20. The van der Waals surface area contributed by atoms with E-state index in [1.165, 1.54) is 69.7 Å². The molecule has 0 radical (unpaired) electrons. The fourth-order valence-electron chi connectivity index (χ4n) is 5.85. The predicted molar refractivity (Wildman–Crippen MR) is 186 cm³/mol. The molecule has 0 atom stereocenters. The maximum atomic E-state index is 4.34. The first-order chi connectivity index (χ1) is 21.8. The molecule has 3 heteroatoms. The molecular weight excluding hydrogens is 571 g/mol. The van der Waals surface area contributed by atoms with E-state index in [-0.39, 0.29) is 0 Å². The summed E-state index contributed by atoms with van der Waals surface area (Å²) in [5.74, 6) is 0. The molecule has 0 aliphatic carbocycles. The van der Waals surface area contributed by atoms with Gasteiger partial charge in [0.2, 0.25) is 0 Å². The van der Waals surface area contributed by atoms with Gasteiger partial charge < -0.3 is 0 Å². The molecule has 1 aliphatic rings. The summed E-state index contributed by atoms with van der Waals surface area (Å²) in [6, 6.07) is 55.0. The van der Waals surface area contributed by atoms with Crippen LogP contribution < -0.4 is 0 Å². The fraction of sp³-hybridized carbons (Fsp3) is 0. The zero-order valence-electron chi connectivity index (χ0n) is 23.9. The summed E-state index contributed by atoms with van der Waals surface area (Å²) in [4.78, 5) is 9.36. The van der Waals surface area contributed by atoms with Crippen LogP contribution in [0.2, 0.25) is 0 Å². The maximum absolute atomic E-state index is 4.34. The number of fused-ring (bicyclic) bond motifs is 6. The molecule has 0 unspecified atom stereocenters. The monoisotopic (exact) mass is 597 g/mol. The minimum absolute atomic E-state index is 1.12. The van der Waals surface area contributed by atoms with Gasteiger partial charge in [0.15, 0.2) is 0 Å². The third kappa shape index (κ3) is 5.15. The number of aromatic nitrogens is 1. The molecule has 1 nitrogen and oxygen atoms in total. The molecule has 7 aromatic rings. The van der Waals surface area contributed by atoms with Crippen molar-refractivity contribution >= 4 is 23.5 Å². The second-order valence-corrected chi connectivity index (χ2v) is 13.0. The van der Waals surface area contributed by atoms with Crippen LogP contribution in [0.5, 0.6) is 0 Å². The summed E-state index contributed by atoms with van der Waals surface area (Å²) in [5, 5.41) is 0. The van der Waals surface area contributed by atoms with Crippen LogP contribution >= 0.6 is 23.5 Å². The van der Waals surface area contributed by atoms with Crippen LogP contribution in [0.1, 0.15) is 0 Å². The first-order valence-corrected chi connectivity index (χ1v) is 16.3. The van der Waals surface area contributed by atoms with Gasteiger partial charge in [0.25, 0.3) is 0 Å². The summed E-state index contributed by atoms with van der Waals surface area (Å²) in [6.07, 6.45) is 3.74. The summed E-state index contributed by atoms with van der Waals surface area (Å²) in [7, 11) is 0. The topological polar surface area (TPSA) is 12.9 Å². The van der Waals surface area contributed by atoms with Crippen LogP contribution in [0, 0.1) is 0 Å². The van der Waals surface area contributed by atoms with Crippen molar-refractivity contribution in [3.63, 3.8) is 0 Å². The zero-order valence-corrected chi connectivity index (χ0v) is 25.5. The van der Waals surface area contributed by atoms with E-state index in [1.807, 2.05) is 42.0 Å². The lowest BCUT2D eigenvalue weighted by molar-refractivity contribution is 1.32. The van der Waals surface area contributed by atoms with Crippen molar-refractivity contribution in [1.82, 2.24) is 4.98 Å². The van der Waals surface area contributed by atoms with E-state index in [2.05, 4.69) is 151 Å². The third-order valence-electron chi connectivity index (χ3n) is 8.06. The standard InChI is InChI=1S/C41H27NS2/c1-2-10-28(11-3-1)31-19-21-36-37-22-20-32(29-12-8-13-30(24-29)33-14-9-23-42-27-33)26-41(37)44-39-18-7-5-16-35(39)34-15-4-6-17-38(34)43-40(36)25-31/h1-27H. The fourth-order valence-corrected chi connectivity index (χ4v) is 8.14. The van der Waals surface area contributed by atoms with E-state index in [0.29, 0.717) is 0 Å². The highest BCUT2D eigenvalue weighted by molar-refractivity contribution is 8.00.